The first-order chi connectivity index (χ1) is 14.4. The summed E-state index contributed by atoms with van der Waals surface area (Å²) in [6.45, 7) is 1.69. The molecule has 0 radical (unpaired) electrons. The summed E-state index contributed by atoms with van der Waals surface area (Å²) >= 11 is 12.0. The second-order valence-electron chi connectivity index (χ2n) is 7.31. The molecule has 1 N–H and O–H groups in total. The number of amides is 2. The predicted molar refractivity (Wildman–Crippen MR) is 111 cm³/mol. The molecule has 0 spiro atoms. The maximum atomic E-state index is 13.9. The average Bonchev–Trinajstić information content (AvgIpc) is 2.65. The summed E-state index contributed by atoms with van der Waals surface area (Å²) in [4.78, 5) is 25.7. The molecule has 1 atom stereocenters. The number of nitrogens with zero attached hydrogens (tertiary/aromatic N) is 1. The smallest absolute Gasteiger partial charge is 0.267 e. The van der Waals surface area contributed by atoms with Crippen molar-refractivity contribution in [3.8, 4) is 0 Å². The summed E-state index contributed by atoms with van der Waals surface area (Å²) in [5, 5.41) is 0.877. The van der Waals surface area contributed by atoms with E-state index in [0.29, 0.717) is 28.1 Å². The van der Waals surface area contributed by atoms with Crippen LogP contribution in [0.4, 0.5) is 8.78 Å². The molecule has 0 aliphatic carbocycles. The number of benzene rings is 2. The molecule has 3 rings (SSSR count). The van der Waals surface area contributed by atoms with Crippen molar-refractivity contribution in [2.45, 2.75) is 36.6 Å². The molecule has 1 fully saturated rings. The number of hydrogen-bond acceptors (Lipinski definition) is 4. The normalized spacial score (nSPS) is 18.4. The molecule has 11 heteroatoms. The zero-order valence-corrected chi connectivity index (χ0v) is 18.6. The number of rotatable bonds is 6. The van der Waals surface area contributed by atoms with Gasteiger partial charge in [0.05, 0.1) is 0 Å². The monoisotopic (exact) mass is 490 g/mol. The first-order valence-electron chi connectivity index (χ1n) is 9.21. The molecule has 1 unspecified atom stereocenters. The van der Waals surface area contributed by atoms with Crippen LogP contribution in [-0.2, 0) is 26.0 Å². The molecule has 0 bridgehead atoms. The van der Waals surface area contributed by atoms with Crippen molar-refractivity contribution in [2.75, 3.05) is 6.54 Å². The van der Waals surface area contributed by atoms with Gasteiger partial charge in [-0.25, -0.2) is 21.9 Å². The van der Waals surface area contributed by atoms with Crippen molar-refractivity contribution >= 4 is 45.0 Å². The minimum atomic E-state index is -4.59. The summed E-state index contributed by atoms with van der Waals surface area (Å²) in [7, 11) is -4.59. The SMILES string of the molecule is CC1(C(=O)NS(=O)(=O)c2ccc(F)cc2F)CCN1C(=O)CCc1ccc(Cl)cc1Cl. The lowest BCUT2D eigenvalue weighted by Crippen LogP contribution is -2.67. The quantitative estimate of drug-likeness (QED) is 0.668. The highest BCUT2D eigenvalue weighted by molar-refractivity contribution is 7.90. The summed E-state index contributed by atoms with van der Waals surface area (Å²) < 4.78 is 53.5. The Labute approximate surface area is 188 Å². The van der Waals surface area contributed by atoms with E-state index in [9.17, 15) is 26.8 Å². The molecule has 2 aromatic carbocycles. The molecule has 1 aliphatic rings. The Morgan fingerprint density at radius 3 is 2.45 bits per heavy atom. The highest BCUT2D eigenvalue weighted by Gasteiger charge is 2.50. The Morgan fingerprint density at radius 2 is 1.87 bits per heavy atom. The Balaban J connectivity index is 1.69. The Kier molecular flexibility index (Phi) is 6.59. The minimum absolute atomic E-state index is 0.0452. The van der Waals surface area contributed by atoms with Gasteiger partial charge in [-0.3, -0.25) is 9.59 Å². The molecule has 1 aliphatic heterocycles. The van der Waals surface area contributed by atoms with E-state index >= 15 is 0 Å². The standard InChI is InChI=1S/C20H18Cl2F2N2O4S/c1-20(19(28)25-31(29,30)17-6-5-14(23)11-16(17)24)8-9-26(20)18(27)7-3-12-2-4-13(21)10-15(12)22/h2,4-6,10-11H,3,7-9H2,1H3,(H,25,28). The number of carbonyl (C=O) groups is 2. The van der Waals surface area contributed by atoms with Crippen molar-refractivity contribution in [3.63, 3.8) is 0 Å². The molecule has 1 saturated heterocycles. The van der Waals surface area contributed by atoms with E-state index in [-0.39, 0.29) is 25.3 Å². The van der Waals surface area contributed by atoms with Crippen LogP contribution in [0.3, 0.4) is 0 Å². The van der Waals surface area contributed by atoms with Gasteiger partial charge in [-0.15, -0.1) is 0 Å². The third-order valence-electron chi connectivity index (χ3n) is 5.24. The number of nitrogens with one attached hydrogen (secondary N) is 1. The molecular weight excluding hydrogens is 473 g/mol. The molecule has 1 heterocycles. The van der Waals surface area contributed by atoms with Crippen LogP contribution in [-0.4, -0.2) is 37.2 Å². The molecule has 0 saturated carbocycles. The maximum absolute atomic E-state index is 13.9. The van der Waals surface area contributed by atoms with Crippen molar-refractivity contribution in [3.05, 3.63) is 63.6 Å². The van der Waals surface area contributed by atoms with Gasteiger partial charge in [-0.2, -0.15) is 0 Å². The largest absolute Gasteiger partial charge is 0.328 e. The molecule has 2 amide bonds. The fourth-order valence-electron chi connectivity index (χ4n) is 3.28. The van der Waals surface area contributed by atoms with Crippen LogP contribution in [0.15, 0.2) is 41.3 Å². The number of carbonyl (C=O) groups excluding carboxylic acids is 2. The van der Waals surface area contributed by atoms with Gasteiger partial charge in [0.15, 0.2) is 0 Å². The lowest BCUT2D eigenvalue weighted by molar-refractivity contribution is -0.156. The molecule has 31 heavy (non-hydrogen) atoms. The fourth-order valence-corrected chi connectivity index (χ4v) is 4.92. The van der Waals surface area contributed by atoms with Gasteiger partial charge in [-0.05, 0) is 49.6 Å². The molecule has 0 aromatic heterocycles. The maximum Gasteiger partial charge on any atom is 0.267 e. The van der Waals surface area contributed by atoms with E-state index < -0.39 is 38.0 Å². The van der Waals surface area contributed by atoms with Crippen LogP contribution in [0.5, 0.6) is 0 Å². The second-order valence-corrected chi connectivity index (χ2v) is 9.81. The van der Waals surface area contributed by atoms with E-state index in [2.05, 4.69) is 0 Å². The van der Waals surface area contributed by atoms with Crippen molar-refractivity contribution in [2.24, 2.45) is 0 Å². The number of likely N-dealkylation sites (tertiary alicyclic amines) is 1. The van der Waals surface area contributed by atoms with Crippen LogP contribution < -0.4 is 4.72 Å². The predicted octanol–water partition coefficient (Wildman–Crippen LogP) is 3.70. The summed E-state index contributed by atoms with van der Waals surface area (Å²) in [6, 6.07) is 6.80. The number of halogens is 4. The zero-order valence-electron chi connectivity index (χ0n) is 16.3. The summed E-state index contributed by atoms with van der Waals surface area (Å²) in [5.74, 6) is -3.61. The minimum Gasteiger partial charge on any atom is -0.328 e. The van der Waals surface area contributed by atoms with E-state index in [1.165, 1.54) is 11.8 Å². The van der Waals surface area contributed by atoms with Crippen LogP contribution >= 0.6 is 23.2 Å². The average molecular weight is 491 g/mol. The Morgan fingerprint density at radius 1 is 1.16 bits per heavy atom. The Hall–Kier alpha value is -2.23. The van der Waals surface area contributed by atoms with E-state index in [4.69, 9.17) is 23.2 Å². The van der Waals surface area contributed by atoms with Gasteiger partial charge in [0.2, 0.25) is 5.91 Å². The molecule has 6 nitrogen and oxygen atoms in total. The second kappa shape index (κ2) is 8.72. The van der Waals surface area contributed by atoms with Crippen LogP contribution in [0.1, 0.15) is 25.3 Å². The lowest BCUT2D eigenvalue weighted by atomic mass is 9.85. The molecular formula is C20H18Cl2F2N2O4S. The summed E-state index contributed by atoms with van der Waals surface area (Å²) in [6.07, 6.45) is 0.583. The van der Waals surface area contributed by atoms with Gasteiger partial charge in [0, 0.05) is 29.1 Å². The van der Waals surface area contributed by atoms with Crippen molar-refractivity contribution < 1.29 is 26.8 Å². The third-order valence-corrected chi connectivity index (χ3v) is 7.19. The van der Waals surface area contributed by atoms with Gasteiger partial charge in [-0.1, -0.05) is 29.3 Å². The Bertz CT molecular complexity index is 1160. The van der Waals surface area contributed by atoms with E-state index in [0.717, 1.165) is 12.1 Å². The highest BCUT2D eigenvalue weighted by Crippen LogP contribution is 2.32. The van der Waals surface area contributed by atoms with Gasteiger partial charge in [0.25, 0.3) is 15.9 Å². The number of aryl methyl sites for hydroxylation is 1. The third kappa shape index (κ3) is 4.83. The van der Waals surface area contributed by atoms with Crippen LogP contribution in [0.25, 0.3) is 0 Å². The van der Waals surface area contributed by atoms with Crippen LogP contribution in [0.2, 0.25) is 10.0 Å². The topological polar surface area (TPSA) is 83.6 Å². The number of sulfonamides is 1. The van der Waals surface area contributed by atoms with Crippen LogP contribution in [0, 0.1) is 11.6 Å². The highest BCUT2D eigenvalue weighted by atomic mass is 35.5. The van der Waals surface area contributed by atoms with Crippen molar-refractivity contribution in [1.29, 1.82) is 0 Å². The molecule has 166 valence electrons. The first-order valence-corrected chi connectivity index (χ1v) is 11.4. The summed E-state index contributed by atoms with van der Waals surface area (Å²) in [5.41, 5.74) is -0.703. The van der Waals surface area contributed by atoms with E-state index in [1.807, 2.05) is 0 Å². The van der Waals surface area contributed by atoms with Gasteiger partial charge < -0.3 is 4.90 Å². The van der Waals surface area contributed by atoms with Crippen molar-refractivity contribution in [1.82, 2.24) is 9.62 Å². The first kappa shape index (κ1) is 23.4. The lowest BCUT2D eigenvalue weighted by Gasteiger charge is -2.49. The van der Waals surface area contributed by atoms with E-state index in [1.54, 1.807) is 22.9 Å². The zero-order chi connectivity index (χ0) is 23.0. The van der Waals surface area contributed by atoms with Gasteiger partial charge in [0.1, 0.15) is 22.1 Å². The number of hydrogen-bond donors (Lipinski definition) is 1. The molecule has 2 aromatic rings. The van der Waals surface area contributed by atoms with Gasteiger partial charge >= 0.3 is 0 Å². The fraction of sp³-hybridized carbons (Fsp3) is 0.300.